The van der Waals surface area contributed by atoms with Crippen LogP contribution in [0.25, 0.3) is 45.9 Å². The van der Waals surface area contributed by atoms with Gasteiger partial charge in [-0.3, -0.25) is 0 Å². The number of fused-ring (bicyclic) bond motifs is 8. The first-order valence-electron chi connectivity index (χ1n) is 10.2. The molecule has 5 heterocycles. The molecule has 0 radical (unpaired) electrons. The molecule has 5 rings (SSSR count). The van der Waals surface area contributed by atoms with Crippen molar-refractivity contribution in [3.63, 3.8) is 0 Å². The molecule has 3 aromatic rings. The average molecular weight is 399 g/mol. The minimum Gasteiger partial charge on any atom is -0.355 e. The number of ether oxygens (including phenoxy) is 2. The molecule has 3 aromatic heterocycles. The number of rotatable bonds is 3. The monoisotopic (exact) mass is 399 g/mol. The minimum absolute atomic E-state index is 0.398. The Balaban J connectivity index is 1.84. The summed E-state index contributed by atoms with van der Waals surface area (Å²) in [6.45, 7) is 1.86. The maximum Gasteiger partial charge on any atom is 0.193 e. The fourth-order valence-corrected chi connectivity index (χ4v) is 3.61. The normalized spacial score (nSPS) is 14.0. The molecule has 0 aromatic carbocycles. The quantitative estimate of drug-likeness (QED) is 0.474. The van der Waals surface area contributed by atoms with Crippen molar-refractivity contribution >= 4 is 45.9 Å². The van der Waals surface area contributed by atoms with E-state index in [0.717, 1.165) is 44.9 Å². The van der Waals surface area contributed by atoms with E-state index in [1.165, 1.54) is 0 Å². The lowest BCUT2D eigenvalue weighted by Gasteiger charge is -2.27. The maximum absolute atomic E-state index is 8.30. The molecule has 0 amide bonds. The summed E-state index contributed by atoms with van der Waals surface area (Å²) in [6.07, 6.45) is 5.85. The summed E-state index contributed by atoms with van der Waals surface area (Å²) in [5, 5.41) is 0. The number of nitrogens with zero attached hydrogens (tertiary/aromatic N) is 2. The van der Waals surface area contributed by atoms with Crippen LogP contribution in [0.1, 0.15) is 31.1 Å². The number of aromatic nitrogens is 4. The zero-order chi connectivity index (χ0) is 21.6. The highest BCUT2D eigenvalue weighted by atomic mass is 16.7. The zero-order valence-corrected chi connectivity index (χ0v) is 17.0. The molecule has 0 unspecified atom stereocenters. The zero-order valence-electron chi connectivity index (χ0n) is 18.0. The van der Waals surface area contributed by atoms with Gasteiger partial charge in [0, 0.05) is 41.9 Å². The van der Waals surface area contributed by atoms with Crippen LogP contribution < -0.4 is 0 Å². The van der Waals surface area contributed by atoms with E-state index in [0.29, 0.717) is 11.6 Å². The van der Waals surface area contributed by atoms with Gasteiger partial charge in [-0.15, -0.1) is 0 Å². The van der Waals surface area contributed by atoms with Gasteiger partial charge in [0.1, 0.15) is 0 Å². The van der Waals surface area contributed by atoms with Crippen LogP contribution in [0, 0.1) is 0 Å². The average Bonchev–Trinajstić information content (AvgIpc) is 3.52. The number of H-pyrrole nitrogens is 2. The predicted molar refractivity (Wildman–Crippen MR) is 120 cm³/mol. The summed E-state index contributed by atoms with van der Waals surface area (Å²) in [5.74, 6) is -0.944. The van der Waals surface area contributed by atoms with Crippen LogP contribution in [0.15, 0.2) is 48.5 Å². The molecular formula is C24H22N4O2. The van der Waals surface area contributed by atoms with Gasteiger partial charge in [0.2, 0.25) is 0 Å². The number of aromatic amines is 2. The summed E-state index contributed by atoms with van der Waals surface area (Å²) in [5.41, 5.74) is 7.28. The molecule has 6 heteroatoms. The van der Waals surface area contributed by atoms with Gasteiger partial charge in [0.05, 0.1) is 24.1 Å². The molecule has 0 saturated carbocycles. The number of hydrogen-bond acceptors (Lipinski definition) is 4. The molecule has 0 aliphatic carbocycles. The second-order valence-electron chi connectivity index (χ2n) is 7.36. The smallest absolute Gasteiger partial charge is 0.193 e. The maximum atomic E-state index is 8.30. The first-order chi connectivity index (χ1) is 15.0. The van der Waals surface area contributed by atoms with E-state index in [1.54, 1.807) is 20.3 Å². The van der Waals surface area contributed by atoms with Crippen LogP contribution in [0.2, 0.25) is 0 Å². The van der Waals surface area contributed by atoms with Crippen molar-refractivity contribution in [3.8, 4) is 0 Å². The lowest BCUT2D eigenvalue weighted by atomic mass is 10.0. The molecule has 8 bridgehead atoms. The van der Waals surface area contributed by atoms with E-state index in [4.69, 9.17) is 15.8 Å². The Hall–Kier alpha value is -3.48. The Morgan fingerprint density at radius 1 is 0.800 bits per heavy atom. The third kappa shape index (κ3) is 3.36. The number of hydrogen-bond donors (Lipinski definition) is 2. The molecule has 0 saturated heterocycles. The van der Waals surface area contributed by atoms with Gasteiger partial charge in [-0.05, 0) is 73.7 Å². The van der Waals surface area contributed by atoms with E-state index >= 15 is 0 Å². The van der Waals surface area contributed by atoms with Crippen molar-refractivity contribution in [2.75, 3.05) is 14.2 Å². The second kappa shape index (κ2) is 7.09. The Kier molecular flexibility index (Phi) is 4.11. The van der Waals surface area contributed by atoms with Gasteiger partial charge >= 0.3 is 0 Å². The van der Waals surface area contributed by atoms with Gasteiger partial charge in [0.15, 0.2) is 5.79 Å². The van der Waals surface area contributed by atoms with Crippen LogP contribution in [0.3, 0.4) is 0 Å². The first-order valence-corrected chi connectivity index (χ1v) is 9.65. The van der Waals surface area contributed by atoms with Crippen molar-refractivity contribution in [2.45, 2.75) is 12.7 Å². The van der Waals surface area contributed by atoms with E-state index in [2.05, 4.69) is 15.0 Å². The fourth-order valence-electron chi connectivity index (χ4n) is 3.61. The molecule has 2 aliphatic heterocycles. The minimum atomic E-state index is -0.944. The van der Waals surface area contributed by atoms with Crippen LogP contribution in [-0.2, 0) is 9.47 Å². The van der Waals surface area contributed by atoms with Crippen molar-refractivity contribution in [1.29, 1.82) is 0 Å². The molecule has 6 nitrogen and oxygen atoms in total. The number of methoxy groups -OCH3 is 2. The molecule has 0 spiro atoms. The molecule has 2 aliphatic rings. The Morgan fingerprint density at radius 3 is 2.13 bits per heavy atom. The largest absolute Gasteiger partial charge is 0.355 e. The summed E-state index contributed by atoms with van der Waals surface area (Å²) in [6, 6.07) is 13.9. The highest BCUT2D eigenvalue weighted by molar-refractivity contribution is 5.88. The van der Waals surface area contributed by atoms with Crippen molar-refractivity contribution in [2.24, 2.45) is 0 Å². The second-order valence-corrected chi connectivity index (χ2v) is 7.36. The van der Waals surface area contributed by atoms with E-state index in [9.17, 15) is 0 Å². The van der Waals surface area contributed by atoms with E-state index < -0.39 is 5.79 Å². The Morgan fingerprint density at radius 2 is 1.40 bits per heavy atom. The lowest BCUT2D eigenvalue weighted by Crippen LogP contribution is -2.30. The topological polar surface area (TPSA) is 75.8 Å². The third-order valence-corrected chi connectivity index (χ3v) is 5.35. The van der Waals surface area contributed by atoms with Crippen LogP contribution in [0.5, 0.6) is 0 Å². The van der Waals surface area contributed by atoms with E-state index in [-0.39, 0.29) is 0 Å². The van der Waals surface area contributed by atoms with Crippen molar-refractivity contribution in [1.82, 2.24) is 19.9 Å². The van der Waals surface area contributed by atoms with Gasteiger partial charge in [-0.1, -0.05) is 0 Å². The molecule has 2 N–H and O–H groups in total. The Bertz CT molecular complexity index is 1390. The van der Waals surface area contributed by atoms with Crippen molar-refractivity contribution in [3.05, 3.63) is 71.3 Å². The SMILES string of the molecule is [2H]c1cc2cc3nc(cc4ccc(cc5nc(cc1[nH]2)C=C5)[nH]4)C(C(C)(OC)OC)=C3. The predicted octanol–water partition coefficient (Wildman–Crippen LogP) is 5.03. The third-order valence-electron chi connectivity index (χ3n) is 5.35. The molecule has 0 atom stereocenters. The van der Waals surface area contributed by atoms with E-state index in [1.807, 2.05) is 61.5 Å². The van der Waals surface area contributed by atoms with Crippen molar-refractivity contribution < 1.29 is 10.8 Å². The molecular weight excluding hydrogens is 376 g/mol. The summed E-state index contributed by atoms with van der Waals surface area (Å²) < 4.78 is 19.6. The summed E-state index contributed by atoms with van der Waals surface area (Å²) in [4.78, 5) is 16.1. The fraction of sp³-hybridized carbons (Fsp3) is 0.167. The van der Waals surface area contributed by atoms with Gasteiger partial charge in [0.25, 0.3) is 0 Å². The van der Waals surface area contributed by atoms with Crippen LogP contribution in [-0.4, -0.2) is 39.9 Å². The molecule has 150 valence electrons. The standard InChI is InChI=1S/C24H22N4O2/c1-24(29-2,30-3)22-13-21-12-19-7-6-17(26-19)10-15-4-5-16(25-15)11-18-8-9-20(27-18)14-23(22)28-21/h4-14,26-27H,1-3H3/i6D. The summed E-state index contributed by atoms with van der Waals surface area (Å²) >= 11 is 0. The highest BCUT2D eigenvalue weighted by Crippen LogP contribution is 2.34. The molecule has 30 heavy (non-hydrogen) atoms. The van der Waals surface area contributed by atoms with Gasteiger partial charge < -0.3 is 19.4 Å². The first kappa shape index (κ1) is 17.4. The molecule has 0 fully saturated rings. The van der Waals surface area contributed by atoms with Gasteiger partial charge in [-0.25, -0.2) is 9.97 Å². The number of nitrogens with one attached hydrogen (secondary N) is 2. The van der Waals surface area contributed by atoms with Crippen LogP contribution in [0.4, 0.5) is 0 Å². The Labute approximate surface area is 175 Å². The van der Waals surface area contributed by atoms with Crippen LogP contribution >= 0.6 is 0 Å². The van der Waals surface area contributed by atoms with Gasteiger partial charge in [-0.2, -0.15) is 0 Å². The highest BCUT2D eigenvalue weighted by Gasteiger charge is 2.32. The lowest BCUT2D eigenvalue weighted by molar-refractivity contribution is -0.146. The summed E-state index contributed by atoms with van der Waals surface area (Å²) in [7, 11) is 3.22.